The third-order valence-corrected chi connectivity index (χ3v) is 5.96. The van der Waals surface area contributed by atoms with Crippen LogP contribution in [-0.2, 0) is 13.0 Å². The third kappa shape index (κ3) is 6.21. The lowest BCUT2D eigenvalue weighted by molar-refractivity contribution is 0.0951. The molecule has 3 aromatic carbocycles. The van der Waals surface area contributed by atoms with Gasteiger partial charge in [0.25, 0.3) is 5.91 Å². The second-order valence-electron chi connectivity index (χ2n) is 8.75. The number of ether oxygens (including phenoxy) is 2. The summed E-state index contributed by atoms with van der Waals surface area (Å²) in [4.78, 5) is 17.5. The Balaban J connectivity index is 1.34. The van der Waals surface area contributed by atoms with Crippen molar-refractivity contribution in [3.05, 3.63) is 89.2 Å². The fraction of sp³-hybridized carbons (Fsp3) is 0.310. The summed E-state index contributed by atoms with van der Waals surface area (Å²) in [5.41, 5.74) is 5.06. The number of aryl methyl sites for hydroxylation is 3. The van der Waals surface area contributed by atoms with Gasteiger partial charge >= 0.3 is 0 Å². The summed E-state index contributed by atoms with van der Waals surface area (Å²) < 4.78 is 13.5. The Morgan fingerprint density at radius 2 is 1.71 bits per heavy atom. The molecule has 0 bridgehead atoms. The number of fused-ring (bicyclic) bond motifs is 1. The predicted octanol–water partition coefficient (Wildman–Crippen LogP) is 5.49. The summed E-state index contributed by atoms with van der Waals surface area (Å²) in [6.07, 6.45) is 2.57. The summed E-state index contributed by atoms with van der Waals surface area (Å²) >= 11 is 0. The zero-order valence-electron chi connectivity index (χ0n) is 20.7. The molecule has 182 valence electrons. The highest BCUT2D eigenvalue weighted by molar-refractivity contribution is 5.96. The van der Waals surface area contributed by atoms with Crippen LogP contribution in [0.5, 0.6) is 11.5 Å². The molecule has 0 saturated heterocycles. The van der Waals surface area contributed by atoms with E-state index in [1.54, 1.807) is 19.2 Å². The average molecular weight is 472 g/mol. The van der Waals surface area contributed by atoms with Gasteiger partial charge in [-0.1, -0.05) is 30.3 Å². The topological polar surface area (TPSA) is 65.4 Å². The number of carbonyl (C=O) groups is 1. The van der Waals surface area contributed by atoms with Crippen molar-refractivity contribution in [1.29, 1.82) is 0 Å². The molecule has 0 aliphatic rings. The van der Waals surface area contributed by atoms with E-state index < -0.39 is 0 Å². The van der Waals surface area contributed by atoms with E-state index in [1.165, 1.54) is 11.1 Å². The summed E-state index contributed by atoms with van der Waals surface area (Å²) in [7, 11) is 1.57. The van der Waals surface area contributed by atoms with E-state index in [1.807, 2.05) is 30.3 Å². The van der Waals surface area contributed by atoms with Crippen molar-refractivity contribution in [3.63, 3.8) is 0 Å². The molecule has 0 fully saturated rings. The van der Waals surface area contributed by atoms with Gasteiger partial charge in [-0.05, 0) is 74.2 Å². The molecule has 0 radical (unpaired) electrons. The third-order valence-electron chi connectivity index (χ3n) is 5.96. The smallest absolute Gasteiger partial charge is 0.255 e. The Bertz CT molecular complexity index is 1280. The second-order valence-corrected chi connectivity index (χ2v) is 8.75. The fourth-order valence-electron chi connectivity index (χ4n) is 4.36. The molecule has 0 aliphatic carbocycles. The zero-order chi connectivity index (χ0) is 24.6. The number of unbranched alkanes of at least 4 members (excludes halogenated alkanes) is 1. The molecule has 0 aliphatic heterocycles. The van der Waals surface area contributed by atoms with Crippen LogP contribution in [0.25, 0.3) is 11.0 Å². The van der Waals surface area contributed by atoms with E-state index in [0.717, 1.165) is 42.0 Å². The summed E-state index contributed by atoms with van der Waals surface area (Å²) in [6, 6.07) is 21.7. The number of nitrogens with zero attached hydrogens (tertiary/aromatic N) is 2. The molecule has 6 heteroatoms. The number of benzene rings is 3. The first-order chi connectivity index (χ1) is 17.0. The summed E-state index contributed by atoms with van der Waals surface area (Å²) in [6.45, 7) is 6.21. The van der Waals surface area contributed by atoms with Crippen molar-refractivity contribution < 1.29 is 14.3 Å². The number of nitrogens with one attached hydrogen (secondary N) is 1. The largest absolute Gasteiger partial charge is 0.496 e. The van der Waals surface area contributed by atoms with Crippen LogP contribution < -0.4 is 14.8 Å². The molecule has 0 unspecified atom stereocenters. The molecule has 4 aromatic rings. The second kappa shape index (κ2) is 11.6. The monoisotopic (exact) mass is 471 g/mol. The van der Waals surface area contributed by atoms with Gasteiger partial charge in [0.2, 0.25) is 0 Å². The first-order valence-electron chi connectivity index (χ1n) is 12.1. The standard InChI is InChI=1S/C29H33N3O3/c1-21-18-22(2)20-23(19-21)35-17-9-8-16-32-26-12-6-5-11-25(26)31-28(32)14-15-30-29(33)24-10-4-7-13-27(24)34-3/h4-7,10-13,18-20H,8-9,14-17H2,1-3H3,(H,30,33). The van der Waals surface area contributed by atoms with Crippen LogP contribution in [0.1, 0.15) is 40.2 Å². The highest BCUT2D eigenvalue weighted by Crippen LogP contribution is 2.20. The van der Waals surface area contributed by atoms with Gasteiger partial charge in [0.1, 0.15) is 17.3 Å². The molecule has 0 spiro atoms. The van der Waals surface area contributed by atoms with Crippen LogP contribution in [-0.4, -0.2) is 35.7 Å². The lowest BCUT2D eigenvalue weighted by Gasteiger charge is -2.12. The highest BCUT2D eigenvalue weighted by atomic mass is 16.5. The van der Waals surface area contributed by atoms with E-state index in [4.69, 9.17) is 14.5 Å². The minimum atomic E-state index is -0.145. The van der Waals surface area contributed by atoms with Crippen molar-refractivity contribution >= 4 is 16.9 Å². The van der Waals surface area contributed by atoms with E-state index in [-0.39, 0.29) is 5.91 Å². The van der Waals surface area contributed by atoms with E-state index in [0.29, 0.717) is 30.9 Å². The van der Waals surface area contributed by atoms with Gasteiger partial charge in [0.05, 0.1) is 30.3 Å². The minimum Gasteiger partial charge on any atom is -0.496 e. The number of hydrogen-bond acceptors (Lipinski definition) is 4. The van der Waals surface area contributed by atoms with Gasteiger partial charge in [-0.2, -0.15) is 0 Å². The number of methoxy groups -OCH3 is 1. The lowest BCUT2D eigenvalue weighted by Crippen LogP contribution is -2.27. The molecule has 4 rings (SSSR count). The van der Waals surface area contributed by atoms with Gasteiger partial charge in [-0.25, -0.2) is 4.98 Å². The Labute approximate surface area is 206 Å². The Morgan fingerprint density at radius 1 is 0.971 bits per heavy atom. The van der Waals surface area contributed by atoms with Gasteiger partial charge in [0.15, 0.2) is 0 Å². The van der Waals surface area contributed by atoms with E-state index >= 15 is 0 Å². The number of imidazole rings is 1. The molecule has 1 heterocycles. The predicted molar refractivity (Wildman–Crippen MR) is 139 cm³/mol. The first-order valence-corrected chi connectivity index (χ1v) is 12.1. The number of carbonyl (C=O) groups excluding carboxylic acids is 1. The van der Waals surface area contributed by atoms with Crippen molar-refractivity contribution in [2.45, 2.75) is 39.7 Å². The number of rotatable bonds is 11. The first kappa shape index (κ1) is 24.3. The number of amides is 1. The number of aromatic nitrogens is 2. The Morgan fingerprint density at radius 3 is 2.51 bits per heavy atom. The molecular formula is C29H33N3O3. The van der Waals surface area contributed by atoms with Gasteiger partial charge in [0, 0.05) is 19.5 Å². The number of para-hydroxylation sites is 3. The van der Waals surface area contributed by atoms with Crippen LogP contribution in [0.15, 0.2) is 66.7 Å². The van der Waals surface area contributed by atoms with E-state index in [9.17, 15) is 4.79 Å². The Hall–Kier alpha value is -3.80. The molecule has 0 atom stereocenters. The molecule has 1 aromatic heterocycles. The molecule has 35 heavy (non-hydrogen) atoms. The lowest BCUT2D eigenvalue weighted by atomic mass is 10.1. The molecule has 1 N–H and O–H groups in total. The van der Waals surface area contributed by atoms with E-state index in [2.05, 4.69) is 48.0 Å². The molecule has 1 amide bonds. The van der Waals surface area contributed by atoms with Crippen LogP contribution >= 0.6 is 0 Å². The number of hydrogen-bond donors (Lipinski definition) is 1. The quantitative estimate of drug-likeness (QED) is 0.294. The molecule has 0 saturated carbocycles. The van der Waals surface area contributed by atoms with Crippen LogP contribution in [0, 0.1) is 13.8 Å². The fourth-order valence-corrected chi connectivity index (χ4v) is 4.36. The summed E-state index contributed by atoms with van der Waals surface area (Å²) in [5.74, 6) is 2.33. The van der Waals surface area contributed by atoms with Crippen molar-refractivity contribution in [3.8, 4) is 11.5 Å². The maximum atomic E-state index is 12.6. The van der Waals surface area contributed by atoms with Crippen molar-refractivity contribution in [1.82, 2.24) is 14.9 Å². The van der Waals surface area contributed by atoms with Crippen LogP contribution in [0.2, 0.25) is 0 Å². The van der Waals surface area contributed by atoms with Gasteiger partial charge < -0.3 is 19.4 Å². The molecule has 6 nitrogen and oxygen atoms in total. The SMILES string of the molecule is COc1ccccc1C(=O)NCCc1nc2ccccc2n1CCCCOc1cc(C)cc(C)c1. The molecular weight excluding hydrogens is 438 g/mol. The van der Waals surface area contributed by atoms with Gasteiger partial charge in [-0.3, -0.25) is 4.79 Å². The highest BCUT2D eigenvalue weighted by Gasteiger charge is 2.13. The maximum absolute atomic E-state index is 12.6. The van der Waals surface area contributed by atoms with Crippen LogP contribution in [0.4, 0.5) is 0 Å². The van der Waals surface area contributed by atoms with Crippen molar-refractivity contribution in [2.24, 2.45) is 0 Å². The van der Waals surface area contributed by atoms with Crippen LogP contribution in [0.3, 0.4) is 0 Å². The average Bonchev–Trinajstić information content (AvgIpc) is 3.20. The van der Waals surface area contributed by atoms with Gasteiger partial charge in [-0.15, -0.1) is 0 Å². The zero-order valence-corrected chi connectivity index (χ0v) is 20.7. The minimum absolute atomic E-state index is 0.145. The normalized spacial score (nSPS) is 10.9. The summed E-state index contributed by atoms with van der Waals surface area (Å²) in [5, 5.41) is 3.01. The maximum Gasteiger partial charge on any atom is 0.255 e. The Kier molecular flexibility index (Phi) is 8.03. The van der Waals surface area contributed by atoms with Crippen molar-refractivity contribution in [2.75, 3.05) is 20.3 Å².